The van der Waals surface area contributed by atoms with E-state index in [4.69, 9.17) is 4.74 Å². The number of halogens is 2. The van der Waals surface area contributed by atoms with Crippen LogP contribution in [0, 0.1) is 11.6 Å². The molecular formula is C19H20F2N4O2. The van der Waals surface area contributed by atoms with E-state index in [2.05, 4.69) is 15.0 Å². The lowest BCUT2D eigenvalue weighted by Gasteiger charge is -2.12. The molecule has 1 aliphatic rings. The number of rotatable bonds is 5. The van der Waals surface area contributed by atoms with Gasteiger partial charge in [-0.15, -0.1) is 0 Å². The molecule has 1 aliphatic carbocycles. The predicted molar refractivity (Wildman–Crippen MR) is 96.1 cm³/mol. The Balaban J connectivity index is 1.80. The Bertz CT molecular complexity index is 1040. The third-order valence-corrected chi connectivity index (χ3v) is 4.89. The molecule has 0 atom stereocenters. The number of ether oxygens (including phenoxy) is 1. The second kappa shape index (κ2) is 7.09. The molecule has 142 valence electrons. The summed E-state index contributed by atoms with van der Waals surface area (Å²) in [5.41, 5.74) is 0.353. The fourth-order valence-corrected chi connectivity index (χ4v) is 3.56. The molecule has 1 saturated carbocycles. The molecule has 0 spiro atoms. The van der Waals surface area contributed by atoms with Gasteiger partial charge in [-0.2, -0.15) is 4.98 Å². The van der Waals surface area contributed by atoms with Gasteiger partial charge < -0.3 is 9.72 Å². The van der Waals surface area contributed by atoms with Gasteiger partial charge in [-0.1, -0.05) is 19.8 Å². The minimum atomic E-state index is -1.03. The summed E-state index contributed by atoms with van der Waals surface area (Å²) < 4.78 is 33.9. The zero-order valence-electron chi connectivity index (χ0n) is 15.0. The molecule has 0 amide bonds. The van der Waals surface area contributed by atoms with Crippen molar-refractivity contribution in [2.24, 2.45) is 0 Å². The van der Waals surface area contributed by atoms with Crippen LogP contribution in [0.5, 0.6) is 11.8 Å². The van der Waals surface area contributed by atoms with Crippen molar-refractivity contribution in [2.75, 3.05) is 0 Å². The molecule has 1 N–H and O–H groups in total. The zero-order valence-corrected chi connectivity index (χ0v) is 15.0. The van der Waals surface area contributed by atoms with Crippen LogP contribution in [0.15, 0.2) is 23.0 Å². The summed E-state index contributed by atoms with van der Waals surface area (Å²) in [4.78, 5) is 24.3. The van der Waals surface area contributed by atoms with E-state index in [1.807, 2.05) is 6.92 Å². The maximum absolute atomic E-state index is 13.5. The number of H-pyrrole nitrogens is 1. The third-order valence-electron chi connectivity index (χ3n) is 4.89. The number of benzene rings is 1. The lowest BCUT2D eigenvalue weighted by molar-refractivity contribution is 0.398. The van der Waals surface area contributed by atoms with Gasteiger partial charge in [0.1, 0.15) is 11.6 Å². The maximum Gasteiger partial charge on any atom is 0.307 e. The Morgan fingerprint density at radius 3 is 2.70 bits per heavy atom. The first-order valence-corrected chi connectivity index (χ1v) is 9.20. The van der Waals surface area contributed by atoms with Gasteiger partial charge in [-0.05, 0) is 31.4 Å². The number of imidazole rings is 1. The highest BCUT2D eigenvalue weighted by molar-refractivity contribution is 5.70. The average Bonchev–Trinajstić information content (AvgIpc) is 3.31. The van der Waals surface area contributed by atoms with Crippen LogP contribution in [0.2, 0.25) is 0 Å². The normalized spacial score (nSPS) is 14.9. The van der Waals surface area contributed by atoms with Crippen LogP contribution in [0.25, 0.3) is 11.2 Å². The van der Waals surface area contributed by atoms with Crippen LogP contribution in [0.3, 0.4) is 0 Å². The molecule has 2 aromatic heterocycles. The molecule has 0 radical (unpaired) electrons. The molecule has 0 saturated heterocycles. The van der Waals surface area contributed by atoms with Crippen molar-refractivity contribution in [1.29, 1.82) is 0 Å². The molecule has 1 fully saturated rings. The highest BCUT2D eigenvalue weighted by atomic mass is 19.2. The van der Waals surface area contributed by atoms with Crippen molar-refractivity contribution >= 4 is 11.2 Å². The van der Waals surface area contributed by atoms with Gasteiger partial charge in [0.25, 0.3) is 0 Å². The van der Waals surface area contributed by atoms with Crippen molar-refractivity contribution < 1.29 is 13.5 Å². The molecule has 8 heteroatoms. The topological polar surface area (TPSA) is 72.8 Å². The number of hydrogen-bond donors (Lipinski definition) is 1. The molecule has 3 aromatic rings. The smallest absolute Gasteiger partial charge is 0.307 e. The summed E-state index contributed by atoms with van der Waals surface area (Å²) in [7, 11) is 0. The van der Waals surface area contributed by atoms with Gasteiger partial charge in [0.15, 0.2) is 22.8 Å². The van der Waals surface area contributed by atoms with Crippen molar-refractivity contribution in [3.8, 4) is 11.8 Å². The van der Waals surface area contributed by atoms with E-state index < -0.39 is 17.2 Å². The van der Waals surface area contributed by atoms with Crippen LogP contribution < -0.4 is 10.3 Å². The first kappa shape index (κ1) is 17.6. The molecule has 2 heterocycles. The highest BCUT2D eigenvalue weighted by Gasteiger charge is 2.23. The van der Waals surface area contributed by atoms with E-state index in [0.717, 1.165) is 50.1 Å². The lowest BCUT2D eigenvalue weighted by Crippen LogP contribution is -2.16. The molecule has 0 unspecified atom stereocenters. The van der Waals surface area contributed by atoms with Crippen LogP contribution in [-0.2, 0) is 6.54 Å². The monoisotopic (exact) mass is 374 g/mol. The fraction of sp³-hybridized carbons (Fsp3) is 0.421. The van der Waals surface area contributed by atoms with Gasteiger partial charge in [-0.3, -0.25) is 9.36 Å². The lowest BCUT2D eigenvalue weighted by atomic mass is 10.1. The number of nitrogens with one attached hydrogen (secondary N) is 1. The number of aromatic amines is 1. The standard InChI is InChI=1S/C19H20F2N4O2/c1-2-9-25-17-15(22-16(23-17)11-5-3-4-6-11)18(26)24-19(25)27-12-7-8-13(20)14(21)10-12/h7-8,10-11H,2-6,9H2,1H3,(H,22,23). The summed E-state index contributed by atoms with van der Waals surface area (Å²) in [6, 6.07) is 3.21. The molecule has 6 nitrogen and oxygen atoms in total. The van der Waals surface area contributed by atoms with E-state index in [0.29, 0.717) is 23.6 Å². The van der Waals surface area contributed by atoms with Crippen LogP contribution in [-0.4, -0.2) is 19.5 Å². The quantitative estimate of drug-likeness (QED) is 0.724. The average molecular weight is 374 g/mol. The van der Waals surface area contributed by atoms with Gasteiger partial charge in [0.2, 0.25) is 0 Å². The predicted octanol–water partition coefficient (Wildman–Crippen LogP) is 4.26. The Labute approximate surface area is 154 Å². The molecule has 4 rings (SSSR count). The van der Waals surface area contributed by atoms with Gasteiger partial charge in [0.05, 0.1) is 0 Å². The number of nitrogens with zero attached hydrogens (tertiary/aromatic N) is 3. The first-order chi connectivity index (χ1) is 13.1. The minimum absolute atomic E-state index is 0.0184. The second-order valence-electron chi connectivity index (χ2n) is 6.83. The van der Waals surface area contributed by atoms with E-state index >= 15 is 0 Å². The largest absolute Gasteiger partial charge is 0.425 e. The van der Waals surface area contributed by atoms with E-state index in [9.17, 15) is 13.6 Å². The summed E-state index contributed by atoms with van der Waals surface area (Å²) in [6.07, 6.45) is 5.17. The van der Waals surface area contributed by atoms with Crippen molar-refractivity contribution in [3.63, 3.8) is 0 Å². The van der Waals surface area contributed by atoms with Gasteiger partial charge in [0, 0.05) is 18.5 Å². The highest BCUT2D eigenvalue weighted by Crippen LogP contribution is 2.33. The second-order valence-corrected chi connectivity index (χ2v) is 6.83. The van der Waals surface area contributed by atoms with Crippen LogP contribution >= 0.6 is 0 Å². The van der Waals surface area contributed by atoms with Crippen LogP contribution in [0.4, 0.5) is 8.78 Å². The summed E-state index contributed by atoms with van der Waals surface area (Å²) in [5, 5.41) is 0. The summed E-state index contributed by atoms with van der Waals surface area (Å²) in [5.74, 6) is -0.804. The number of aryl methyl sites for hydroxylation is 1. The Morgan fingerprint density at radius 2 is 2.00 bits per heavy atom. The van der Waals surface area contributed by atoms with Crippen molar-refractivity contribution in [3.05, 3.63) is 46.0 Å². The summed E-state index contributed by atoms with van der Waals surface area (Å²) in [6.45, 7) is 2.51. The number of aromatic nitrogens is 4. The third kappa shape index (κ3) is 3.31. The minimum Gasteiger partial charge on any atom is -0.425 e. The SMILES string of the molecule is CCCn1c(Oc2ccc(F)c(F)c2)nc(=O)c2[nH]c(C3CCCC3)nc21. The first-order valence-electron chi connectivity index (χ1n) is 9.20. The molecule has 0 bridgehead atoms. The van der Waals surface area contributed by atoms with Crippen LogP contribution in [0.1, 0.15) is 50.8 Å². The molecular weight excluding hydrogens is 354 g/mol. The molecule has 1 aromatic carbocycles. The van der Waals surface area contributed by atoms with Crippen molar-refractivity contribution in [2.45, 2.75) is 51.5 Å². The van der Waals surface area contributed by atoms with E-state index in [-0.39, 0.29) is 11.8 Å². The molecule has 27 heavy (non-hydrogen) atoms. The van der Waals surface area contributed by atoms with E-state index in [1.54, 1.807) is 4.57 Å². The zero-order chi connectivity index (χ0) is 19.0. The Kier molecular flexibility index (Phi) is 4.63. The number of fused-ring (bicyclic) bond motifs is 1. The van der Waals surface area contributed by atoms with E-state index in [1.165, 1.54) is 6.07 Å². The maximum atomic E-state index is 13.5. The van der Waals surface area contributed by atoms with Gasteiger partial charge in [-0.25, -0.2) is 13.8 Å². The van der Waals surface area contributed by atoms with Crippen molar-refractivity contribution in [1.82, 2.24) is 19.5 Å². The fourth-order valence-electron chi connectivity index (χ4n) is 3.56. The Hall–Kier alpha value is -2.77. The molecule has 0 aliphatic heterocycles. The summed E-state index contributed by atoms with van der Waals surface area (Å²) >= 11 is 0. The Morgan fingerprint density at radius 1 is 1.22 bits per heavy atom. The van der Waals surface area contributed by atoms with Gasteiger partial charge >= 0.3 is 11.6 Å². The number of hydrogen-bond acceptors (Lipinski definition) is 4.